The lowest BCUT2D eigenvalue weighted by Gasteiger charge is -2.11. The first-order valence-electron chi connectivity index (χ1n) is 8.26. The second-order valence-electron chi connectivity index (χ2n) is 6.16. The molecule has 0 aliphatic rings. The number of nitrogens with zero attached hydrogens (tertiary/aromatic N) is 3. The number of rotatable bonds is 3. The number of aromatic nitrogens is 3. The molecule has 5 heteroatoms. The van der Waals surface area contributed by atoms with Gasteiger partial charge in [-0.1, -0.05) is 12.1 Å². The maximum absolute atomic E-state index is 10.4. The molecule has 0 atom stereocenters. The van der Waals surface area contributed by atoms with E-state index in [9.17, 15) is 10.2 Å². The summed E-state index contributed by atoms with van der Waals surface area (Å²) in [5.41, 5.74) is 5.54. The van der Waals surface area contributed by atoms with Crippen molar-refractivity contribution in [2.24, 2.45) is 0 Å². The minimum absolute atomic E-state index is 0.0334. The number of pyridine rings is 1. The first kappa shape index (κ1) is 16.2. The maximum atomic E-state index is 10.4. The first-order valence-corrected chi connectivity index (χ1v) is 8.26. The van der Waals surface area contributed by atoms with Crippen molar-refractivity contribution in [1.29, 1.82) is 0 Å². The molecule has 0 spiro atoms. The molecule has 0 fully saturated rings. The van der Waals surface area contributed by atoms with E-state index in [-0.39, 0.29) is 12.4 Å². The van der Waals surface area contributed by atoms with Crippen LogP contribution in [0.15, 0.2) is 61.1 Å². The van der Waals surface area contributed by atoms with Crippen LogP contribution in [0.5, 0.6) is 5.75 Å². The van der Waals surface area contributed by atoms with Crippen LogP contribution in [0.2, 0.25) is 0 Å². The predicted octanol–water partition coefficient (Wildman–Crippen LogP) is 3.87. The molecule has 0 saturated heterocycles. The zero-order chi connectivity index (χ0) is 18.1. The van der Waals surface area contributed by atoms with Gasteiger partial charge in [0.2, 0.25) is 0 Å². The molecule has 0 bridgehead atoms. The van der Waals surface area contributed by atoms with Gasteiger partial charge in [-0.2, -0.15) is 0 Å². The van der Waals surface area contributed by atoms with Gasteiger partial charge in [0.1, 0.15) is 5.75 Å². The molecule has 2 aromatic carbocycles. The number of aliphatic hydroxyl groups excluding tert-OH is 1. The number of phenolic OH excluding ortho intramolecular Hbond substituents is 1. The van der Waals surface area contributed by atoms with Crippen molar-refractivity contribution < 1.29 is 10.2 Å². The highest BCUT2D eigenvalue weighted by molar-refractivity contribution is 5.87. The Balaban J connectivity index is 1.89. The summed E-state index contributed by atoms with van der Waals surface area (Å²) in [6.45, 7) is 1.98. The number of fused-ring (bicyclic) bond motifs is 1. The smallest absolute Gasteiger partial charge is 0.125 e. The Morgan fingerprint density at radius 1 is 0.962 bits per heavy atom. The normalized spacial score (nSPS) is 11.0. The number of aryl methyl sites for hydroxylation is 1. The van der Waals surface area contributed by atoms with Crippen molar-refractivity contribution in [3.63, 3.8) is 0 Å². The summed E-state index contributed by atoms with van der Waals surface area (Å²) in [7, 11) is 0. The zero-order valence-electron chi connectivity index (χ0n) is 14.2. The molecule has 0 aliphatic heterocycles. The number of hydrogen-bond acceptors (Lipinski definition) is 5. The zero-order valence-corrected chi connectivity index (χ0v) is 14.2. The largest absolute Gasteiger partial charge is 0.507 e. The summed E-state index contributed by atoms with van der Waals surface area (Å²) < 4.78 is 0. The topological polar surface area (TPSA) is 79.1 Å². The molecule has 2 aromatic heterocycles. The summed E-state index contributed by atoms with van der Waals surface area (Å²) in [4.78, 5) is 13.1. The van der Waals surface area contributed by atoms with Gasteiger partial charge in [0, 0.05) is 28.9 Å². The molecule has 0 saturated carbocycles. The van der Waals surface area contributed by atoms with E-state index in [1.54, 1.807) is 30.7 Å². The fourth-order valence-corrected chi connectivity index (χ4v) is 3.03. The summed E-state index contributed by atoms with van der Waals surface area (Å²) in [6, 6.07) is 13.0. The third kappa shape index (κ3) is 2.89. The van der Waals surface area contributed by atoms with Crippen LogP contribution in [0.4, 0.5) is 0 Å². The lowest BCUT2D eigenvalue weighted by atomic mass is 10.0. The minimum atomic E-state index is -0.0334. The van der Waals surface area contributed by atoms with E-state index in [0.29, 0.717) is 11.3 Å². The Morgan fingerprint density at radius 2 is 1.85 bits per heavy atom. The van der Waals surface area contributed by atoms with Crippen molar-refractivity contribution in [2.75, 3.05) is 0 Å². The van der Waals surface area contributed by atoms with E-state index in [1.807, 2.05) is 37.3 Å². The fraction of sp³-hybridized carbons (Fsp3) is 0.0952. The fourth-order valence-electron chi connectivity index (χ4n) is 3.03. The number of aliphatic hydroxyl groups is 1. The van der Waals surface area contributed by atoms with Crippen molar-refractivity contribution in [1.82, 2.24) is 15.0 Å². The van der Waals surface area contributed by atoms with Gasteiger partial charge < -0.3 is 10.2 Å². The van der Waals surface area contributed by atoms with Gasteiger partial charge in [-0.05, 0) is 48.4 Å². The van der Waals surface area contributed by atoms with E-state index < -0.39 is 0 Å². The molecule has 2 N–H and O–H groups in total. The van der Waals surface area contributed by atoms with Crippen LogP contribution in [-0.4, -0.2) is 25.2 Å². The van der Waals surface area contributed by atoms with E-state index >= 15 is 0 Å². The van der Waals surface area contributed by atoms with Crippen molar-refractivity contribution in [3.8, 4) is 28.3 Å². The van der Waals surface area contributed by atoms with Gasteiger partial charge >= 0.3 is 0 Å². The molecule has 0 aliphatic carbocycles. The second kappa shape index (κ2) is 6.54. The SMILES string of the molecule is Cc1cc(-c2cc(-c3cnccn3)ccc2O)nc2cc(CO)ccc12. The van der Waals surface area contributed by atoms with Crippen LogP contribution >= 0.6 is 0 Å². The standard InChI is InChI=1S/C21H17N3O2/c1-13-8-18(24-19-9-14(12-25)2-4-16(13)19)17-10-15(3-5-21(17)26)20-11-22-6-7-23-20/h2-11,25-26H,12H2,1H3. The van der Waals surface area contributed by atoms with Gasteiger partial charge in [0.25, 0.3) is 0 Å². The average Bonchev–Trinajstić information content (AvgIpc) is 2.68. The Kier molecular flexibility index (Phi) is 4.07. The van der Waals surface area contributed by atoms with Crippen LogP contribution in [0, 0.1) is 6.92 Å². The third-order valence-electron chi connectivity index (χ3n) is 4.40. The van der Waals surface area contributed by atoms with Gasteiger partial charge in [-0.3, -0.25) is 9.97 Å². The van der Waals surface area contributed by atoms with Gasteiger partial charge in [0.05, 0.1) is 29.7 Å². The van der Waals surface area contributed by atoms with Crippen molar-refractivity contribution in [3.05, 3.63) is 72.2 Å². The van der Waals surface area contributed by atoms with E-state index in [2.05, 4.69) is 9.97 Å². The predicted molar refractivity (Wildman–Crippen MR) is 101 cm³/mol. The molecule has 4 aromatic rings. The second-order valence-corrected chi connectivity index (χ2v) is 6.16. The Labute approximate surface area is 150 Å². The summed E-state index contributed by atoms with van der Waals surface area (Å²) >= 11 is 0. The van der Waals surface area contributed by atoms with Gasteiger partial charge in [0.15, 0.2) is 0 Å². The number of benzene rings is 2. The lowest BCUT2D eigenvalue weighted by Crippen LogP contribution is -1.92. The highest BCUT2D eigenvalue weighted by Gasteiger charge is 2.12. The number of hydrogen-bond donors (Lipinski definition) is 2. The molecule has 4 rings (SSSR count). The quantitative estimate of drug-likeness (QED) is 0.590. The van der Waals surface area contributed by atoms with Crippen LogP contribution in [-0.2, 0) is 6.61 Å². The van der Waals surface area contributed by atoms with Gasteiger partial charge in [-0.15, -0.1) is 0 Å². The Hall–Kier alpha value is -3.31. The van der Waals surface area contributed by atoms with Crippen LogP contribution < -0.4 is 0 Å². The molecule has 0 unspecified atom stereocenters. The van der Waals surface area contributed by atoms with E-state index in [4.69, 9.17) is 4.98 Å². The molecule has 128 valence electrons. The minimum Gasteiger partial charge on any atom is -0.507 e. The summed E-state index contributed by atoms with van der Waals surface area (Å²) in [5.74, 6) is 0.155. The molecular formula is C21H17N3O2. The van der Waals surface area contributed by atoms with Crippen LogP contribution in [0.1, 0.15) is 11.1 Å². The first-order chi connectivity index (χ1) is 12.7. The third-order valence-corrected chi connectivity index (χ3v) is 4.40. The van der Waals surface area contributed by atoms with E-state index in [1.165, 1.54) is 0 Å². The Morgan fingerprint density at radius 3 is 2.62 bits per heavy atom. The monoisotopic (exact) mass is 343 g/mol. The number of phenols is 1. The van der Waals surface area contributed by atoms with E-state index in [0.717, 1.165) is 33.3 Å². The molecule has 2 heterocycles. The molecule has 5 nitrogen and oxygen atoms in total. The Bertz CT molecular complexity index is 1100. The molecule has 26 heavy (non-hydrogen) atoms. The summed E-state index contributed by atoms with van der Waals surface area (Å²) in [6.07, 6.45) is 4.94. The molecule has 0 amide bonds. The highest BCUT2D eigenvalue weighted by atomic mass is 16.3. The average molecular weight is 343 g/mol. The van der Waals surface area contributed by atoms with Gasteiger partial charge in [-0.25, -0.2) is 4.98 Å². The van der Waals surface area contributed by atoms with Crippen LogP contribution in [0.25, 0.3) is 33.4 Å². The summed E-state index contributed by atoms with van der Waals surface area (Å²) in [5, 5.41) is 20.8. The van der Waals surface area contributed by atoms with Crippen molar-refractivity contribution in [2.45, 2.75) is 13.5 Å². The lowest BCUT2D eigenvalue weighted by molar-refractivity contribution is 0.282. The van der Waals surface area contributed by atoms with Crippen molar-refractivity contribution >= 4 is 10.9 Å². The molecule has 0 radical (unpaired) electrons. The number of aromatic hydroxyl groups is 1. The highest BCUT2D eigenvalue weighted by Crippen LogP contribution is 2.34. The van der Waals surface area contributed by atoms with Crippen LogP contribution in [0.3, 0.4) is 0 Å². The molecular weight excluding hydrogens is 326 g/mol. The maximum Gasteiger partial charge on any atom is 0.125 e.